The Labute approximate surface area is 94.6 Å². The molecule has 82 valence electrons. The number of carbonyl (C=O) groups excluding carboxylic acids is 1. The van der Waals surface area contributed by atoms with E-state index >= 15 is 0 Å². The van der Waals surface area contributed by atoms with Crippen LogP contribution in [0.15, 0.2) is 18.2 Å². The van der Waals surface area contributed by atoms with Crippen LogP contribution in [0.1, 0.15) is 18.1 Å². The minimum atomic E-state index is -0.347. The van der Waals surface area contributed by atoms with Crippen molar-refractivity contribution >= 4 is 17.5 Å². The molecule has 0 fully saturated rings. The van der Waals surface area contributed by atoms with Crippen LogP contribution >= 0.6 is 11.6 Å². The van der Waals surface area contributed by atoms with E-state index in [0.29, 0.717) is 6.54 Å². The van der Waals surface area contributed by atoms with E-state index in [1.54, 1.807) is 6.92 Å². The number of rotatable bonds is 4. The summed E-state index contributed by atoms with van der Waals surface area (Å²) in [4.78, 5) is 10.8. The van der Waals surface area contributed by atoms with E-state index in [9.17, 15) is 4.79 Å². The van der Waals surface area contributed by atoms with Crippen LogP contribution in [-0.4, -0.2) is 11.9 Å². The normalized spacial score (nSPS) is 12.5. The number of nitrogens with one attached hydrogen (secondary N) is 1. The van der Waals surface area contributed by atoms with Gasteiger partial charge in [0.1, 0.15) is 0 Å². The zero-order valence-electron chi connectivity index (χ0n) is 8.88. The zero-order valence-corrected chi connectivity index (χ0v) is 9.64. The maximum Gasteiger partial charge on any atom is 0.234 e. The highest BCUT2D eigenvalue weighted by atomic mass is 35.5. The molecule has 0 saturated carbocycles. The van der Waals surface area contributed by atoms with Gasteiger partial charge in [-0.05, 0) is 31.0 Å². The summed E-state index contributed by atoms with van der Waals surface area (Å²) in [5, 5.41) is 3.78. The lowest BCUT2D eigenvalue weighted by Crippen LogP contribution is -2.38. The summed E-state index contributed by atoms with van der Waals surface area (Å²) in [5.41, 5.74) is 7.25. The number of primary amides is 1. The predicted molar refractivity (Wildman–Crippen MR) is 61.7 cm³/mol. The zero-order chi connectivity index (χ0) is 11.4. The quantitative estimate of drug-likeness (QED) is 0.820. The summed E-state index contributed by atoms with van der Waals surface area (Å²) in [6.45, 7) is 4.30. The van der Waals surface area contributed by atoms with Crippen LogP contribution in [0.5, 0.6) is 0 Å². The van der Waals surface area contributed by atoms with Gasteiger partial charge in [0.05, 0.1) is 6.04 Å². The van der Waals surface area contributed by atoms with Gasteiger partial charge in [0.15, 0.2) is 0 Å². The summed E-state index contributed by atoms with van der Waals surface area (Å²) in [7, 11) is 0. The molecule has 1 aromatic rings. The number of aryl methyl sites for hydroxylation is 1. The Kier molecular flexibility index (Phi) is 4.12. The molecular formula is C11H15ClN2O. The molecule has 1 aromatic carbocycles. The SMILES string of the molecule is Cc1cc(CN[C@@H](C)C(N)=O)ccc1Cl. The van der Waals surface area contributed by atoms with E-state index < -0.39 is 0 Å². The number of nitrogens with two attached hydrogens (primary N) is 1. The number of amides is 1. The first-order valence-electron chi connectivity index (χ1n) is 4.78. The van der Waals surface area contributed by atoms with Crippen LogP contribution in [-0.2, 0) is 11.3 Å². The van der Waals surface area contributed by atoms with E-state index in [0.717, 1.165) is 16.1 Å². The van der Waals surface area contributed by atoms with Gasteiger partial charge in [0, 0.05) is 11.6 Å². The van der Waals surface area contributed by atoms with Crippen molar-refractivity contribution in [2.75, 3.05) is 0 Å². The second-order valence-electron chi connectivity index (χ2n) is 3.59. The molecule has 0 aliphatic rings. The number of benzene rings is 1. The molecule has 4 heteroatoms. The Hall–Kier alpha value is -1.06. The Morgan fingerprint density at radius 3 is 2.80 bits per heavy atom. The minimum Gasteiger partial charge on any atom is -0.368 e. The summed E-state index contributed by atoms with van der Waals surface area (Å²) in [5.74, 6) is -0.347. The molecule has 1 atom stereocenters. The lowest BCUT2D eigenvalue weighted by molar-refractivity contribution is -0.119. The van der Waals surface area contributed by atoms with Crippen molar-refractivity contribution in [1.29, 1.82) is 0 Å². The molecule has 3 N–H and O–H groups in total. The van der Waals surface area contributed by atoms with Crippen LogP contribution in [0, 0.1) is 6.92 Å². The highest BCUT2D eigenvalue weighted by Crippen LogP contribution is 2.16. The third-order valence-electron chi connectivity index (χ3n) is 2.26. The maximum absolute atomic E-state index is 10.8. The first-order chi connectivity index (χ1) is 7.00. The highest BCUT2D eigenvalue weighted by Gasteiger charge is 2.07. The maximum atomic E-state index is 10.8. The van der Waals surface area contributed by atoms with Gasteiger partial charge >= 0.3 is 0 Å². The van der Waals surface area contributed by atoms with Gasteiger partial charge in [-0.1, -0.05) is 23.7 Å². The molecular weight excluding hydrogens is 212 g/mol. The smallest absolute Gasteiger partial charge is 0.234 e. The van der Waals surface area contributed by atoms with Crippen molar-refractivity contribution in [2.24, 2.45) is 5.73 Å². The van der Waals surface area contributed by atoms with Crippen molar-refractivity contribution in [3.8, 4) is 0 Å². The first-order valence-corrected chi connectivity index (χ1v) is 5.16. The summed E-state index contributed by atoms with van der Waals surface area (Å²) >= 11 is 5.90. The van der Waals surface area contributed by atoms with Crippen molar-refractivity contribution < 1.29 is 4.79 Å². The molecule has 3 nitrogen and oxygen atoms in total. The van der Waals surface area contributed by atoms with Gasteiger partial charge in [-0.15, -0.1) is 0 Å². The van der Waals surface area contributed by atoms with Crippen molar-refractivity contribution in [3.63, 3.8) is 0 Å². The Morgan fingerprint density at radius 1 is 1.60 bits per heavy atom. The van der Waals surface area contributed by atoms with Crippen LogP contribution in [0.2, 0.25) is 5.02 Å². The number of carbonyl (C=O) groups is 1. The molecule has 0 unspecified atom stereocenters. The average molecular weight is 227 g/mol. The van der Waals surface area contributed by atoms with E-state index in [4.69, 9.17) is 17.3 Å². The molecule has 0 spiro atoms. The molecule has 0 aliphatic carbocycles. The fraction of sp³-hybridized carbons (Fsp3) is 0.364. The first kappa shape index (κ1) is 12.0. The molecule has 0 heterocycles. The lowest BCUT2D eigenvalue weighted by Gasteiger charge is -2.10. The minimum absolute atomic E-state index is 0.319. The Morgan fingerprint density at radius 2 is 2.27 bits per heavy atom. The Balaban J connectivity index is 2.58. The molecule has 0 radical (unpaired) electrons. The van der Waals surface area contributed by atoms with Gasteiger partial charge in [-0.25, -0.2) is 0 Å². The van der Waals surface area contributed by atoms with E-state index in [1.807, 2.05) is 25.1 Å². The van der Waals surface area contributed by atoms with Crippen LogP contribution in [0.25, 0.3) is 0 Å². The van der Waals surface area contributed by atoms with E-state index in [2.05, 4.69) is 5.32 Å². The third kappa shape index (κ3) is 3.53. The monoisotopic (exact) mass is 226 g/mol. The second kappa shape index (κ2) is 5.14. The molecule has 1 rings (SSSR count). The van der Waals surface area contributed by atoms with Crippen LogP contribution in [0.4, 0.5) is 0 Å². The Bertz CT molecular complexity index is 366. The second-order valence-corrected chi connectivity index (χ2v) is 4.00. The predicted octanol–water partition coefficient (Wildman–Crippen LogP) is 1.61. The van der Waals surface area contributed by atoms with Gasteiger partial charge in [0.25, 0.3) is 0 Å². The molecule has 0 saturated heterocycles. The molecule has 1 amide bonds. The number of hydrogen-bond donors (Lipinski definition) is 2. The van der Waals surface area contributed by atoms with Gasteiger partial charge in [-0.2, -0.15) is 0 Å². The molecule has 0 aliphatic heterocycles. The van der Waals surface area contributed by atoms with Gasteiger partial charge in [-0.3, -0.25) is 4.79 Å². The van der Waals surface area contributed by atoms with E-state index in [-0.39, 0.29) is 11.9 Å². The third-order valence-corrected chi connectivity index (χ3v) is 2.69. The lowest BCUT2D eigenvalue weighted by atomic mass is 10.1. The highest BCUT2D eigenvalue weighted by molar-refractivity contribution is 6.31. The number of halogens is 1. The molecule has 0 bridgehead atoms. The van der Waals surface area contributed by atoms with E-state index in [1.165, 1.54) is 0 Å². The molecule has 15 heavy (non-hydrogen) atoms. The average Bonchev–Trinajstić information content (AvgIpc) is 2.19. The van der Waals surface area contributed by atoms with Crippen LogP contribution < -0.4 is 11.1 Å². The fourth-order valence-electron chi connectivity index (χ4n) is 1.19. The summed E-state index contributed by atoms with van der Waals surface area (Å²) in [6.07, 6.45) is 0. The van der Waals surface area contributed by atoms with Crippen molar-refractivity contribution in [1.82, 2.24) is 5.32 Å². The van der Waals surface area contributed by atoms with Crippen molar-refractivity contribution in [2.45, 2.75) is 26.4 Å². The number of hydrogen-bond acceptors (Lipinski definition) is 2. The van der Waals surface area contributed by atoms with Crippen molar-refractivity contribution in [3.05, 3.63) is 34.3 Å². The summed E-state index contributed by atoms with van der Waals surface area (Å²) in [6, 6.07) is 5.45. The van der Waals surface area contributed by atoms with Gasteiger partial charge < -0.3 is 11.1 Å². The largest absolute Gasteiger partial charge is 0.368 e. The van der Waals surface area contributed by atoms with Crippen LogP contribution in [0.3, 0.4) is 0 Å². The fourth-order valence-corrected chi connectivity index (χ4v) is 1.31. The molecule has 0 aromatic heterocycles. The summed E-state index contributed by atoms with van der Waals surface area (Å²) < 4.78 is 0. The standard InChI is InChI=1S/C11H15ClN2O/c1-7-5-9(3-4-10(7)12)6-14-8(2)11(13)15/h3-5,8,14H,6H2,1-2H3,(H2,13,15)/t8-/m0/s1. The topological polar surface area (TPSA) is 55.1 Å². The van der Waals surface area contributed by atoms with Gasteiger partial charge in [0.2, 0.25) is 5.91 Å².